The van der Waals surface area contributed by atoms with Gasteiger partial charge in [0.15, 0.2) is 0 Å². The molecule has 1 fully saturated rings. The molecule has 0 aliphatic heterocycles. The second-order valence-electron chi connectivity index (χ2n) is 5.81. The highest BCUT2D eigenvalue weighted by molar-refractivity contribution is 5.76. The van der Waals surface area contributed by atoms with E-state index in [0.717, 1.165) is 24.8 Å². The fourth-order valence-corrected chi connectivity index (χ4v) is 3.12. The Morgan fingerprint density at radius 1 is 1.14 bits per heavy atom. The van der Waals surface area contributed by atoms with Gasteiger partial charge in [-0.15, -0.1) is 5.48 Å². The highest BCUT2D eigenvalue weighted by atomic mass is 16.7. The molecule has 116 valence electrons. The van der Waals surface area contributed by atoms with E-state index in [9.17, 15) is 9.59 Å². The number of fused-ring (bicyclic) bond motifs is 2. The smallest absolute Gasteiger partial charge is 0.441 e. The molecule has 2 bridgehead atoms. The van der Waals surface area contributed by atoms with Crippen LogP contribution in [-0.2, 0) is 21.0 Å². The molecule has 3 atom stereocenters. The maximum absolute atomic E-state index is 12.0. The summed E-state index contributed by atoms with van der Waals surface area (Å²) in [6.45, 7) is 0.140. The van der Waals surface area contributed by atoms with Crippen LogP contribution in [-0.4, -0.2) is 12.1 Å². The second-order valence-corrected chi connectivity index (χ2v) is 5.81. The van der Waals surface area contributed by atoms with Crippen LogP contribution in [0, 0.1) is 17.8 Å². The summed E-state index contributed by atoms with van der Waals surface area (Å²) in [5, 5.41) is 0. The molecule has 22 heavy (non-hydrogen) atoms. The lowest BCUT2D eigenvalue weighted by atomic mass is 9.69. The van der Waals surface area contributed by atoms with Gasteiger partial charge in [0, 0.05) is 0 Å². The van der Waals surface area contributed by atoms with Gasteiger partial charge in [0.1, 0.15) is 6.61 Å². The Kier molecular flexibility index (Phi) is 4.42. The molecule has 1 N–H and O–H groups in total. The van der Waals surface area contributed by atoms with Gasteiger partial charge in [-0.05, 0) is 36.7 Å². The third kappa shape index (κ3) is 3.47. The lowest BCUT2D eigenvalue weighted by Crippen LogP contribution is -2.38. The van der Waals surface area contributed by atoms with Crippen LogP contribution in [0.4, 0.5) is 4.79 Å². The second kappa shape index (κ2) is 6.64. The van der Waals surface area contributed by atoms with E-state index in [-0.39, 0.29) is 24.4 Å². The van der Waals surface area contributed by atoms with Gasteiger partial charge in [-0.25, -0.2) is 9.59 Å². The van der Waals surface area contributed by atoms with E-state index in [2.05, 4.69) is 17.6 Å². The maximum atomic E-state index is 12.0. The standard InChI is InChI=1S/C17H19NO4/c19-16(15-10-12-6-8-14(15)9-7-12)22-18-17(20)21-11-13-4-2-1-3-5-13/h1-6,8,12,14-15H,7,9-11H2,(H,18,20). The van der Waals surface area contributed by atoms with Crippen molar-refractivity contribution in [1.82, 2.24) is 5.48 Å². The zero-order chi connectivity index (χ0) is 15.4. The summed E-state index contributed by atoms with van der Waals surface area (Å²) < 4.78 is 4.99. The van der Waals surface area contributed by atoms with Crippen molar-refractivity contribution in [3.05, 3.63) is 48.0 Å². The summed E-state index contributed by atoms with van der Waals surface area (Å²) in [5.41, 5.74) is 2.95. The Hall–Kier alpha value is -2.30. The van der Waals surface area contributed by atoms with Crippen LogP contribution in [0.3, 0.4) is 0 Å². The number of hydroxylamine groups is 1. The molecule has 3 unspecified atom stereocenters. The third-order valence-corrected chi connectivity index (χ3v) is 4.33. The molecule has 1 amide bonds. The quantitative estimate of drug-likeness (QED) is 0.688. The first-order valence-corrected chi connectivity index (χ1v) is 7.58. The molecule has 1 aromatic rings. The number of rotatable bonds is 3. The number of nitrogens with one attached hydrogen (secondary N) is 1. The van der Waals surface area contributed by atoms with E-state index < -0.39 is 6.09 Å². The summed E-state index contributed by atoms with van der Waals surface area (Å²) in [6, 6.07) is 9.32. The molecule has 5 heteroatoms. The first kappa shape index (κ1) is 14.6. The zero-order valence-electron chi connectivity index (χ0n) is 12.2. The minimum absolute atomic E-state index is 0.140. The Labute approximate surface area is 129 Å². The van der Waals surface area contributed by atoms with E-state index in [1.807, 2.05) is 30.3 Å². The van der Waals surface area contributed by atoms with Crippen LogP contribution in [0.15, 0.2) is 42.5 Å². The monoisotopic (exact) mass is 301 g/mol. The van der Waals surface area contributed by atoms with Crippen molar-refractivity contribution in [1.29, 1.82) is 0 Å². The van der Waals surface area contributed by atoms with E-state index >= 15 is 0 Å². The van der Waals surface area contributed by atoms with E-state index in [0.29, 0.717) is 5.92 Å². The minimum atomic E-state index is -0.756. The van der Waals surface area contributed by atoms with Crippen molar-refractivity contribution >= 4 is 12.1 Å². The lowest BCUT2D eigenvalue weighted by molar-refractivity contribution is -0.158. The van der Waals surface area contributed by atoms with Crippen molar-refractivity contribution in [2.24, 2.45) is 17.8 Å². The van der Waals surface area contributed by atoms with Crippen LogP contribution in [0.2, 0.25) is 0 Å². The molecule has 1 saturated carbocycles. The van der Waals surface area contributed by atoms with E-state index in [4.69, 9.17) is 9.57 Å². The molecule has 0 heterocycles. The predicted octanol–water partition coefficient (Wildman–Crippen LogP) is 2.97. The SMILES string of the molecule is O=C(NOC(=O)C1CC2C=CC1CC2)OCc1ccccc1. The third-order valence-electron chi connectivity index (χ3n) is 4.33. The molecule has 4 rings (SSSR count). The highest BCUT2D eigenvalue weighted by Crippen LogP contribution is 2.40. The van der Waals surface area contributed by atoms with Gasteiger partial charge < -0.3 is 9.57 Å². The predicted molar refractivity (Wildman–Crippen MR) is 79.3 cm³/mol. The highest BCUT2D eigenvalue weighted by Gasteiger charge is 2.37. The average molecular weight is 301 g/mol. The normalized spacial score (nSPS) is 25.5. The topological polar surface area (TPSA) is 64.6 Å². The maximum Gasteiger partial charge on any atom is 0.441 e. The molecule has 0 radical (unpaired) electrons. The van der Waals surface area contributed by atoms with Gasteiger partial charge in [-0.2, -0.15) is 0 Å². The average Bonchev–Trinajstić information content (AvgIpc) is 2.59. The molecule has 0 aromatic heterocycles. The Bertz CT molecular complexity index is 569. The van der Waals surface area contributed by atoms with Gasteiger partial charge in [0.25, 0.3) is 0 Å². The molecule has 0 spiro atoms. The van der Waals surface area contributed by atoms with E-state index in [1.54, 1.807) is 0 Å². The first-order chi connectivity index (χ1) is 10.7. The van der Waals surface area contributed by atoms with Crippen LogP contribution >= 0.6 is 0 Å². The van der Waals surface area contributed by atoms with E-state index in [1.165, 1.54) is 0 Å². The number of hydrogen-bond donors (Lipinski definition) is 1. The summed E-state index contributed by atoms with van der Waals surface area (Å²) in [6.07, 6.45) is 6.47. The summed E-state index contributed by atoms with van der Waals surface area (Å²) in [4.78, 5) is 28.5. The molecule has 1 aromatic carbocycles. The number of hydrogen-bond acceptors (Lipinski definition) is 4. The van der Waals surface area contributed by atoms with Gasteiger partial charge in [-0.3, -0.25) is 0 Å². The number of carbonyl (C=O) groups is 2. The molecule has 5 nitrogen and oxygen atoms in total. The van der Waals surface area contributed by atoms with Gasteiger partial charge in [0.05, 0.1) is 5.92 Å². The van der Waals surface area contributed by atoms with Crippen LogP contribution in [0.25, 0.3) is 0 Å². The van der Waals surface area contributed by atoms with Crippen molar-refractivity contribution in [2.45, 2.75) is 25.9 Å². The van der Waals surface area contributed by atoms with Crippen molar-refractivity contribution in [2.75, 3.05) is 0 Å². The van der Waals surface area contributed by atoms with Gasteiger partial charge in [-0.1, -0.05) is 42.5 Å². The van der Waals surface area contributed by atoms with Crippen LogP contribution < -0.4 is 5.48 Å². The number of benzene rings is 1. The fourth-order valence-electron chi connectivity index (χ4n) is 3.12. The summed E-state index contributed by atoms with van der Waals surface area (Å²) in [5.74, 6) is 0.168. The van der Waals surface area contributed by atoms with Gasteiger partial charge >= 0.3 is 12.1 Å². The summed E-state index contributed by atoms with van der Waals surface area (Å²) >= 11 is 0. The van der Waals surface area contributed by atoms with Crippen LogP contribution in [0.1, 0.15) is 24.8 Å². The Balaban J connectivity index is 1.41. The minimum Gasteiger partial charge on any atom is -0.443 e. The molecule has 3 aliphatic carbocycles. The number of ether oxygens (including phenoxy) is 1. The van der Waals surface area contributed by atoms with Crippen LogP contribution in [0.5, 0.6) is 0 Å². The van der Waals surface area contributed by atoms with Crippen molar-refractivity contribution in [3.8, 4) is 0 Å². The van der Waals surface area contributed by atoms with Crippen molar-refractivity contribution in [3.63, 3.8) is 0 Å². The number of allylic oxidation sites excluding steroid dienone is 2. The molecular formula is C17H19NO4. The largest absolute Gasteiger partial charge is 0.443 e. The number of amides is 1. The Morgan fingerprint density at radius 3 is 2.59 bits per heavy atom. The van der Waals surface area contributed by atoms with Gasteiger partial charge in [0.2, 0.25) is 0 Å². The number of carbonyl (C=O) groups excluding carboxylic acids is 2. The fraction of sp³-hybridized carbons (Fsp3) is 0.412. The first-order valence-electron chi connectivity index (χ1n) is 7.58. The Morgan fingerprint density at radius 2 is 1.95 bits per heavy atom. The zero-order valence-corrected chi connectivity index (χ0v) is 12.2. The molecular weight excluding hydrogens is 282 g/mol. The lowest BCUT2D eigenvalue weighted by Gasteiger charge is -2.36. The molecule has 3 aliphatic rings. The van der Waals surface area contributed by atoms with Crippen molar-refractivity contribution < 1.29 is 19.2 Å². The molecule has 0 saturated heterocycles. The summed E-state index contributed by atoms with van der Waals surface area (Å²) in [7, 11) is 0.